The Morgan fingerprint density at radius 2 is 2.19 bits per heavy atom. The molecule has 0 aliphatic heterocycles. The summed E-state index contributed by atoms with van der Waals surface area (Å²) in [5, 5.41) is 3.28. The molecule has 0 aliphatic rings. The molecule has 90 valence electrons. The standard InChI is InChI=1S/C11H19N3OS/c1-5-15-10-6-9(13-8-14-10)12-7-11(2,3)16-4/h6,8H,5,7H2,1-4H3,(H,12,13,14). The van der Waals surface area contributed by atoms with Crippen molar-refractivity contribution in [2.24, 2.45) is 0 Å². The maximum absolute atomic E-state index is 5.31. The van der Waals surface area contributed by atoms with Crippen molar-refractivity contribution in [1.82, 2.24) is 9.97 Å². The Morgan fingerprint density at radius 3 is 2.81 bits per heavy atom. The number of aromatic nitrogens is 2. The van der Waals surface area contributed by atoms with E-state index in [9.17, 15) is 0 Å². The number of anilines is 1. The molecular formula is C11H19N3OS. The molecular weight excluding hydrogens is 222 g/mol. The first-order chi connectivity index (χ1) is 7.57. The van der Waals surface area contributed by atoms with E-state index in [4.69, 9.17) is 4.74 Å². The summed E-state index contributed by atoms with van der Waals surface area (Å²) in [6, 6.07) is 1.82. The highest BCUT2D eigenvalue weighted by atomic mass is 32.2. The van der Waals surface area contributed by atoms with E-state index in [1.807, 2.05) is 24.8 Å². The largest absolute Gasteiger partial charge is 0.478 e. The molecule has 0 aliphatic carbocycles. The van der Waals surface area contributed by atoms with Gasteiger partial charge in [0.15, 0.2) is 0 Å². The van der Waals surface area contributed by atoms with Gasteiger partial charge in [-0.05, 0) is 27.0 Å². The van der Waals surface area contributed by atoms with Gasteiger partial charge < -0.3 is 10.1 Å². The Balaban J connectivity index is 2.57. The van der Waals surface area contributed by atoms with E-state index >= 15 is 0 Å². The quantitative estimate of drug-likeness (QED) is 0.829. The monoisotopic (exact) mass is 241 g/mol. The molecule has 0 amide bonds. The third-order valence-electron chi connectivity index (χ3n) is 2.18. The number of hydrogen-bond donors (Lipinski definition) is 1. The van der Waals surface area contributed by atoms with Gasteiger partial charge in [-0.3, -0.25) is 0 Å². The average Bonchev–Trinajstić information content (AvgIpc) is 2.28. The molecule has 0 saturated heterocycles. The highest BCUT2D eigenvalue weighted by Crippen LogP contribution is 2.21. The molecule has 0 bridgehead atoms. The van der Waals surface area contributed by atoms with E-state index in [1.165, 1.54) is 6.33 Å². The molecule has 1 N–H and O–H groups in total. The van der Waals surface area contributed by atoms with Crippen molar-refractivity contribution in [3.05, 3.63) is 12.4 Å². The minimum atomic E-state index is 0.191. The maximum Gasteiger partial charge on any atom is 0.218 e. The second kappa shape index (κ2) is 5.94. The predicted molar refractivity (Wildman–Crippen MR) is 69.3 cm³/mol. The molecule has 1 aromatic rings. The summed E-state index contributed by atoms with van der Waals surface area (Å²) < 4.78 is 5.50. The van der Waals surface area contributed by atoms with Gasteiger partial charge in [0, 0.05) is 17.4 Å². The minimum absolute atomic E-state index is 0.191. The van der Waals surface area contributed by atoms with Crippen molar-refractivity contribution >= 4 is 17.6 Å². The van der Waals surface area contributed by atoms with Crippen molar-refractivity contribution in [3.63, 3.8) is 0 Å². The van der Waals surface area contributed by atoms with Crippen LogP contribution in [-0.2, 0) is 0 Å². The first-order valence-corrected chi connectivity index (χ1v) is 6.54. The van der Waals surface area contributed by atoms with Gasteiger partial charge in [-0.1, -0.05) is 0 Å². The van der Waals surface area contributed by atoms with Gasteiger partial charge in [0.25, 0.3) is 0 Å². The van der Waals surface area contributed by atoms with E-state index in [1.54, 1.807) is 0 Å². The van der Waals surface area contributed by atoms with Crippen LogP contribution < -0.4 is 10.1 Å². The Hall–Kier alpha value is -0.970. The molecule has 0 atom stereocenters. The van der Waals surface area contributed by atoms with Crippen LogP contribution in [0.4, 0.5) is 5.82 Å². The molecule has 1 aromatic heterocycles. The number of thioether (sulfide) groups is 1. The minimum Gasteiger partial charge on any atom is -0.478 e. The summed E-state index contributed by atoms with van der Waals surface area (Å²) in [4.78, 5) is 8.16. The lowest BCUT2D eigenvalue weighted by Crippen LogP contribution is -2.26. The molecule has 0 unspecified atom stereocenters. The summed E-state index contributed by atoms with van der Waals surface area (Å²) in [5.41, 5.74) is 0. The molecule has 1 heterocycles. The van der Waals surface area contributed by atoms with Gasteiger partial charge in [-0.2, -0.15) is 11.8 Å². The SMILES string of the molecule is CCOc1cc(NCC(C)(C)SC)ncn1. The van der Waals surface area contributed by atoms with Crippen molar-refractivity contribution < 1.29 is 4.74 Å². The van der Waals surface area contributed by atoms with E-state index in [0.717, 1.165) is 12.4 Å². The normalized spacial score (nSPS) is 11.2. The van der Waals surface area contributed by atoms with Crippen molar-refractivity contribution in [2.45, 2.75) is 25.5 Å². The molecule has 5 heteroatoms. The lowest BCUT2D eigenvalue weighted by Gasteiger charge is -2.22. The van der Waals surface area contributed by atoms with Gasteiger partial charge >= 0.3 is 0 Å². The van der Waals surface area contributed by atoms with Crippen molar-refractivity contribution in [2.75, 3.05) is 24.7 Å². The first kappa shape index (κ1) is 13.1. The van der Waals surface area contributed by atoms with Crippen LogP contribution in [0.15, 0.2) is 12.4 Å². The fraction of sp³-hybridized carbons (Fsp3) is 0.636. The van der Waals surface area contributed by atoms with Gasteiger partial charge in [0.05, 0.1) is 6.61 Å². The van der Waals surface area contributed by atoms with Crippen molar-refractivity contribution in [1.29, 1.82) is 0 Å². The zero-order chi connectivity index (χ0) is 12.0. The number of nitrogens with zero attached hydrogens (tertiary/aromatic N) is 2. The summed E-state index contributed by atoms with van der Waals surface area (Å²) in [6.07, 6.45) is 3.62. The lowest BCUT2D eigenvalue weighted by atomic mass is 10.2. The summed E-state index contributed by atoms with van der Waals surface area (Å²) in [7, 11) is 0. The van der Waals surface area contributed by atoms with Gasteiger partial charge in [-0.25, -0.2) is 9.97 Å². The highest BCUT2D eigenvalue weighted by molar-refractivity contribution is 7.99. The fourth-order valence-electron chi connectivity index (χ4n) is 1.04. The van der Waals surface area contributed by atoms with Gasteiger partial charge in [-0.15, -0.1) is 0 Å². The van der Waals surface area contributed by atoms with Crippen LogP contribution in [0.25, 0.3) is 0 Å². The van der Waals surface area contributed by atoms with Crippen LogP contribution in [0.1, 0.15) is 20.8 Å². The third-order valence-corrected chi connectivity index (χ3v) is 3.43. The third kappa shape index (κ3) is 4.26. The van der Waals surface area contributed by atoms with E-state index < -0.39 is 0 Å². The number of ether oxygens (including phenoxy) is 1. The molecule has 0 aromatic carbocycles. The number of rotatable bonds is 6. The smallest absolute Gasteiger partial charge is 0.218 e. The molecule has 0 saturated carbocycles. The predicted octanol–water partition coefficient (Wildman–Crippen LogP) is 2.43. The van der Waals surface area contributed by atoms with Crippen molar-refractivity contribution in [3.8, 4) is 5.88 Å². The summed E-state index contributed by atoms with van der Waals surface area (Å²) >= 11 is 1.82. The highest BCUT2D eigenvalue weighted by Gasteiger charge is 2.15. The molecule has 16 heavy (non-hydrogen) atoms. The molecule has 1 rings (SSSR count). The van der Waals surface area contributed by atoms with E-state index in [0.29, 0.717) is 12.5 Å². The van der Waals surface area contributed by atoms with E-state index in [-0.39, 0.29) is 4.75 Å². The molecule has 0 fully saturated rings. The Morgan fingerprint density at radius 1 is 1.44 bits per heavy atom. The zero-order valence-electron chi connectivity index (χ0n) is 10.3. The second-order valence-electron chi connectivity index (χ2n) is 3.99. The fourth-order valence-corrected chi connectivity index (χ4v) is 1.26. The summed E-state index contributed by atoms with van der Waals surface area (Å²) in [6.45, 7) is 7.79. The molecule has 4 nitrogen and oxygen atoms in total. The number of nitrogens with one attached hydrogen (secondary N) is 1. The first-order valence-electron chi connectivity index (χ1n) is 5.31. The Kier molecular flexibility index (Phi) is 4.86. The van der Waals surface area contributed by atoms with Gasteiger partial charge in [0.2, 0.25) is 5.88 Å². The maximum atomic E-state index is 5.31. The Bertz CT molecular complexity index is 331. The number of hydrogen-bond acceptors (Lipinski definition) is 5. The van der Waals surface area contributed by atoms with Crippen LogP contribution in [0.5, 0.6) is 5.88 Å². The van der Waals surface area contributed by atoms with Gasteiger partial charge in [0.1, 0.15) is 12.1 Å². The van der Waals surface area contributed by atoms with Crippen LogP contribution in [0.2, 0.25) is 0 Å². The zero-order valence-corrected chi connectivity index (χ0v) is 11.1. The van der Waals surface area contributed by atoms with Crippen LogP contribution in [0.3, 0.4) is 0 Å². The van der Waals surface area contributed by atoms with Crippen LogP contribution in [0, 0.1) is 0 Å². The summed E-state index contributed by atoms with van der Waals surface area (Å²) in [5.74, 6) is 1.42. The van der Waals surface area contributed by atoms with E-state index in [2.05, 4.69) is 35.4 Å². The lowest BCUT2D eigenvalue weighted by molar-refractivity contribution is 0.326. The van der Waals surface area contributed by atoms with Crippen LogP contribution in [-0.4, -0.2) is 34.1 Å². The Labute approximate surface area is 101 Å². The topological polar surface area (TPSA) is 47.0 Å². The van der Waals surface area contributed by atoms with Crippen LogP contribution >= 0.6 is 11.8 Å². The molecule has 0 radical (unpaired) electrons. The average molecular weight is 241 g/mol. The molecule has 0 spiro atoms. The second-order valence-corrected chi connectivity index (χ2v) is 5.51.